The van der Waals surface area contributed by atoms with Crippen molar-refractivity contribution in [1.82, 2.24) is 9.97 Å². The fourth-order valence-electron chi connectivity index (χ4n) is 1.92. The van der Waals surface area contributed by atoms with Crippen LogP contribution in [-0.2, 0) is 0 Å². The lowest BCUT2D eigenvalue weighted by molar-refractivity contribution is 1.32. The third-order valence-electron chi connectivity index (χ3n) is 3.10. The van der Waals surface area contributed by atoms with E-state index < -0.39 is 0 Å². The molecular formula is C14H11ClN2S. The lowest BCUT2D eigenvalue weighted by Crippen LogP contribution is -1.85. The van der Waals surface area contributed by atoms with Crippen molar-refractivity contribution in [3.8, 4) is 10.6 Å². The quantitative estimate of drug-likeness (QED) is 0.605. The van der Waals surface area contributed by atoms with Gasteiger partial charge in [0, 0.05) is 11.8 Å². The van der Waals surface area contributed by atoms with Gasteiger partial charge in [0.2, 0.25) is 0 Å². The van der Waals surface area contributed by atoms with E-state index in [1.807, 2.05) is 6.07 Å². The number of nitrogens with zero attached hydrogens (tertiary/aromatic N) is 2. The number of rotatable bonds is 1. The van der Waals surface area contributed by atoms with Gasteiger partial charge in [0.1, 0.15) is 10.2 Å². The Morgan fingerprint density at radius 1 is 1.17 bits per heavy atom. The van der Waals surface area contributed by atoms with Gasteiger partial charge in [-0.05, 0) is 31.0 Å². The molecule has 2 aromatic heterocycles. The van der Waals surface area contributed by atoms with E-state index in [1.54, 1.807) is 17.5 Å². The Hall–Kier alpha value is -1.45. The molecule has 0 saturated heterocycles. The second kappa shape index (κ2) is 4.34. The third-order valence-corrected chi connectivity index (χ3v) is 4.61. The van der Waals surface area contributed by atoms with Crippen molar-refractivity contribution in [1.29, 1.82) is 0 Å². The predicted octanol–water partition coefficient (Wildman–Crippen LogP) is 4.63. The van der Waals surface area contributed by atoms with E-state index in [-0.39, 0.29) is 0 Å². The van der Waals surface area contributed by atoms with Gasteiger partial charge in [0.25, 0.3) is 0 Å². The molecule has 2 nitrogen and oxygen atoms in total. The molecule has 0 amide bonds. The van der Waals surface area contributed by atoms with Crippen molar-refractivity contribution in [3.05, 3.63) is 46.7 Å². The molecule has 0 aliphatic rings. The molecule has 3 aromatic rings. The normalized spacial score (nSPS) is 11.1. The molecule has 0 N–H and O–H groups in total. The molecule has 0 aliphatic heterocycles. The monoisotopic (exact) mass is 274 g/mol. The zero-order valence-electron chi connectivity index (χ0n) is 10.1. The molecule has 0 atom stereocenters. The number of aryl methyl sites for hydroxylation is 1. The molecular weight excluding hydrogens is 264 g/mol. The lowest BCUT2D eigenvalue weighted by atomic mass is 10.0. The van der Waals surface area contributed by atoms with Crippen molar-refractivity contribution in [2.75, 3.05) is 0 Å². The highest BCUT2D eigenvalue weighted by atomic mass is 35.5. The zero-order valence-corrected chi connectivity index (χ0v) is 11.6. The van der Waals surface area contributed by atoms with Gasteiger partial charge in [-0.25, -0.2) is 9.97 Å². The van der Waals surface area contributed by atoms with Gasteiger partial charge in [-0.1, -0.05) is 29.8 Å². The number of halogens is 1. The molecule has 0 spiro atoms. The fourth-order valence-corrected chi connectivity index (χ4v) is 3.22. The number of benzene rings is 1. The van der Waals surface area contributed by atoms with E-state index in [2.05, 4.69) is 42.0 Å². The first-order valence-electron chi connectivity index (χ1n) is 5.64. The van der Waals surface area contributed by atoms with Crippen LogP contribution in [0.5, 0.6) is 0 Å². The number of pyridine rings is 1. The minimum atomic E-state index is 0.529. The van der Waals surface area contributed by atoms with Crippen molar-refractivity contribution < 1.29 is 0 Å². The molecule has 0 aliphatic carbocycles. The summed E-state index contributed by atoms with van der Waals surface area (Å²) in [5.41, 5.74) is 4.62. The molecule has 1 aromatic carbocycles. The maximum atomic E-state index is 6.09. The van der Waals surface area contributed by atoms with Gasteiger partial charge in [-0.2, -0.15) is 0 Å². The standard InChI is InChI=1S/C14H11ClN2S/c1-8-4-3-5-10(9(8)2)14-17-11-6-7-16-13(15)12(11)18-14/h3-7H,1-2H3. The van der Waals surface area contributed by atoms with Crippen LogP contribution >= 0.6 is 22.9 Å². The Balaban J connectivity index is 2.26. The Bertz CT molecular complexity index is 734. The van der Waals surface area contributed by atoms with Gasteiger partial charge in [-0.3, -0.25) is 0 Å². The fraction of sp³-hybridized carbons (Fsp3) is 0.143. The first-order valence-corrected chi connectivity index (χ1v) is 6.84. The molecule has 90 valence electrons. The topological polar surface area (TPSA) is 25.8 Å². The van der Waals surface area contributed by atoms with Crippen molar-refractivity contribution in [3.63, 3.8) is 0 Å². The maximum Gasteiger partial charge on any atom is 0.148 e. The SMILES string of the molecule is Cc1cccc(-c2nc3ccnc(Cl)c3s2)c1C. The third kappa shape index (κ3) is 1.80. The molecule has 18 heavy (non-hydrogen) atoms. The summed E-state index contributed by atoms with van der Waals surface area (Å²) in [6.45, 7) is 4.23. The van der Waals surface area contributed by atoms with E-state index in [0.717, 1.165) is 15.2 Å². The van der Waals surface area contributed by atoms with Crippen LogP contribution < -0.4 is 0 Å². The molecule has 0 fully saturated rings. The summed E-state index contributed by atoms with van der Waals surface area (Å²) >= 11 is 7.68. The van der Waals surface area contributed by atoms with E-state index in [4.69, 9.17) is 11.6 Å². The Kier molecular flexibility index (Phi) is 2.80. The Labute approximate surface area is 114 Å². The predicted molar refractivity (Wildman–Crippen MR) is 77.3 cm³/mol. The van der Waals surface area contributed by atoms with E-state index >= 15 is 0 Å². The van der Waals surface area contributed by atoms with Gasteiger partial charge in [0.15, 0.2) is 0 Å². The maximum absolute atomic E-state index is 6.09. The average molecular weight is 275 g/mol. The van der Waals surface area contributed by atoms with Crippen LogP contribution in [0.25, 0.3) is 20.8 Å². The molecule has 3 rings (SSSR count). The summed E-state index contributed by atoms with van der Waals surface area (Å²) in [6, 6.07) is 8.16. The molecule has 0 bridgehead atoms. The summed E-state index contributed by atoms with van der Waals surface area (Å²) in [5, 5.41) is 1.53. The van der Waals surface area contributed by atoms with Crippen LogP contribution in [0.1, 0.15) is 11.1 Å². The highest BCUT2D eigenvalue weighted by Gasteiger charge is 2.11. The number of aromatic nitrogens is 2. The van der Waals surface area contributed by atoms with Gasteiger partial charge < -0.3 is 0 Å². The van der Waals surface area contributed by atoms with Crippen LogP contribution in [0, 0.1) is 13.8 Å². The first-order chi connectivity index (χ1) is 8.66. The summed E-state index contributed by atoms with van der Waals surface area (Å²) in [6.07, 6.45) is 1.69. The van der Waals surface area contributed by atoms with Gasteiger partial charge in [0.05, 0.1) is 10.2 Å². The first kappa shape index (κ1) is 11.6. The number of hydrogen-bond acceptors (Lipinski definition) is 3. The van der Waals surface area contributed by atoms with Gasteiger partial charge >= 0.3 is 0 Å². The second-order valence-electron chi connectivity index (χ2n) is 4.22. The number of fused-ring (bicyclic) bond motifs is 1. The highest BCUT2D eigenvalue weighted by molar-refractivity contribution is 7.22. The molecule has 0 unspecified atom stereocenters. The molecule has 0 radical (unpaired) electrons. The second-order valence-corrected chi connectivity index (χ2v) is 5.57. The van der Waals surface area contributed by atoms with Crippen LogP contribution in [0.2, 0.25) is 5.15 Å². The molecule has 4 heteroatoms. The van der Waals surface area contributed by atoms with Crippen LogP contribution in [0.4, 0.5) is 0 Å². The smallest absolute Gasteiger partial charge is 0.148 e. The Morgan fingerprint density at radius 3 is 2.78 bits per heavy atom. The minimum Gasteiger partial charge on any atom is -0.243 e. The summed E-state index contributed by atoms with van der Waals surface area (Å²) < 4.78 is 0.954. The number of hydrogen-bond donors (Lipinski definition) is 0. The van der Waals surface area contributed by atoms with Crippen molar-refractivity contribution >= 4 is 33.2 Å². The summed E-state index contributed by atoms with van der Waals surface area (Å²) in [4.78, 5) is 8.73. The Morgan fingerprint density at radius 2 is 2.00 bits per heavy atom. The van der Waals surface area contributed by atoms with Crippen molar-refractivity contribution in [2.45, 2.75) is 13.8 Å². The van der Waals surface area contributed by atoms with Crippen LogP contribution in [-0.4, -0.2) is 9.97 Å². The highest BCUT2D eigenvalue weighted by Crippen LogP contribution is 2.35. The van der Waals surface area contributed by atoms with Crippen molar-refractivity contribution in [2.24, 2.45) is 0 Å². The van der Waals surface area contributed by atoms with E-state index in [1.165, 1.54) is 16.7 Å². The van der Waals surface area contributed by atoms with Gasteiger partial charge in [-0.15, -0.1) is 11.3 Å². The van der Waals surface area contributed by atoms with E-state index in [9.17, 15) is 0 Å². The summed E-state index contributed by atoms with van der Waals surface area (Å²) in [7, 11) is 0. The average Bonchev–Trinajstić information content (AvgIpc) is 2.78. The molecule has 0 saturated carbocycles. The zero-order chi connectivity index (χ0) is 12.7. The summed E-state index contributed by atoms with van der Waals surface area (Å²) in [5.74, 6) is 0. The minimum absolute atomic E-state index is 0.529. The molecule has 2 heterocycles. The largest absolute Gasteiger partial charge is 0.243 e. The van der Waals surface area contributed by atoms with Crippen LogP contribution in [0.3, 0.4) is 0 Å². The number of thiazole rings is 1. The lowest BCUT2D eigenvalue weighted by Gasteiger charge is -2.04. The van der Waals surface area contributed by atoms with E-state index in [0.29, 0.717) is 5.15 Å². The van der Waals surface area contributed by atoms with Crippen LogP contribution in [0.15, 0.2) is 30.5 Å².